The molecule has 0 fully saturated rings. The summed E-state index contributed by atoms with van der Waals surface area (Å²) in [6.07, 6.45) is -11.4. The summed E-state index contributed by atoms with van der Waals surface area (Å²) in [7, 11) is 0. The molecule has 1 amide bonds. The third kappa shape index (κ3) is 5.29. The van der Waals surface area contributed by atoms with E-state index < -0.39 is 37.3 Å². The summed E-state index contributed by atoms with van der Waals surface area (Å²) in [5.74, 6) is -6.31. The minimum atomic E-state index is -5.72. The van der Waals surface area contributed by atoms with Crippen LogP contribution in [-0.4, -0.2) is 31.3 Å². The minimum absolute atomic E-state index is 0.440. The van der Waals surface area contributed by atoms with Crippen LogP contribution >= 0.6 is 0 Å². The van der Waals surface area contributed by atoms with E-state index in [2.05, 4.69) is 10.0 Å². The Bertz CT molecular complexity index is 303. The molecule has 0 aliphatic rings. The van der Waals surface area contributed by atoms with Gasteiger partial charge in [0.1, 0.15) is 0 Å². The zero-order chi connectivity index (χ0) is 13.7. The second-order valence-corrected chi connectivity index (χ2v) is 2.76. The van der Waals surface area contributed by atoms with E-state index in [9.17, 15) is 31.1 Å². The van der Waals surface area contributed by atoms with E-state index in [1.807, 2.05) is 0 Å². The first-order chi connectivity index (χ1) is 7.60. The fraction of sp³-hybridized carbons (Fsp3) is 0.833. The van der Waals surface area contributed by atoms with Gasteiger partial charge in [-0.15, -0.1) is 0 Å². The Morgan fingerprint density at radius 1 is 1.24 bits per heavy atom. The van der Waals surface area contributed by atoms with Crippen molar-refractivity contribution in [1.82, 2.24) is 5.32 Å². The van der Waals surface area contributed by atoms with E-state index in [4.69, 9.17) is 5.53 Å². The Morgan fingerprint density at radius 2 is 1.71 bits per heavy atom. The summed E-state index contributed by atoms with van der Waals surface area (Å²) in [5.41, 5.74) is 7.78. The van der Waals surface area contributed by atoms with E-state index in [0.717, 1.165) is 0 Å². The number of carbonyl (C=O) groups excluding carboxylic acids is 1. The van der Waals surface area contributed by atoms with Gasteiger partial charge in [-0.3, -0.25) is 4.79 Å². The molecule has 0 rings (SSSR count). The molecule has 5 nitrogen and oxygen atoms in total. The van der Waals surface area contributed by atoms with Gasteiger partial charge in [0, 0.05) is 18.0 Å². The lowest BCUT2D eigenvalue weighted by molar-refractivity contribution is -0.274. The molecule has 98 valence electrons. The van der Waals surface area contributed by atoms with Crippen LogP contribution in [0.1, 0.15) is 0 Å². The number of amides is 1. The zero-order valence-electron chi connectivity index (χ0n) is 8.01. The predicted octanol–water partition coefficient (Wildman–Crippen LogP) is 2.15. The quantitative estimate of drug-likeness (QED) is 0.273. The number of hydrogen-bond acceptors (Lipinski definition) is 2. The monoisotopic (exact) mass is 264 g/mol. The first-order valence-electron chi connectivity index (χ1n) is 4.02. The third-order valence-corrected chi connectivity index (χ3v) is 1.49. The summed E-state index contributed by atoms with van der Waals surface area (Å²) >= 11 is 0. The molecule has 0 aromatic heterocycles. The van der Waals surface area contributed by atoms with Crippen molar-refractivity contribution >= 4 is 5.91 Å². The summed E-state index contributed by atoms with van der Waals surface area (Å²) in [4.78, 5) is 12.9. The van der Waals surface area contributed by atoms with Crippen LogP contribution in [0.5, 0.6) is 0 Å². The second-order valence-electron chi connectivity index (χ2n) is 2.76. The molecule has 0 radical (unpaired) electrons. The van der Waals surface area contributed by atoms with Crippen LogP contribution in [0.15, 0.2) is 5.11 Å². The molecular weight excluding hydrogens is 258 g/mol. The van der Waals surface area contributed by atoms with Crippen LogP contribution in [0.4, 0.5) is 26.3 Å². The van der Waals surface area contributed by atoms with Crippen molar-refractivity contribution in [3.8, 4) is 0 Å². The number of hydrogen-bond donors (Lipinski definition) is 1. The third-order valence-electron chi connectivity index (χ3n) is 1.49. The molecule has 0 saturated carbocycles. The van der Waals surface area contributed by atoms with Gasteiger partial charge in [0.25, 0.3) is 0 Å². The van der Waals surface area contributed by atoms with Gasteiger partial charge in [-0.2, -0.15) is 26.3 Å². The average molecular weight is 264 g/mol. The largest absolute Gasteiger partial charge is 0.409 e. The number of alkyl halides is 6. The average Bonchev–Trinajstić information content (AvgIpc) is 2.07. The maximum Gasteiger partial charge on any atom is 0.409 e. The van der Waals surface area contributed by atoms with Crippen molar-refractivity contribution in [3.05, 3.63) is 10.4 Å². The van der Waals surface area contributed by atoms with Crippen molar-refractivity contribution < 1.29 is 31.1 Å². The normalized spacial score (nSPS) is 12.2. The molecule has 17 heavy (non-hydrogen) atoms. The Labute approximate surface area is 90.4 Å². The molecule has 0 aromatic carbocycles. The molecule has 0 unspecified atom stereocenters. The standard InChI is InChI=1S/C6H6F6N4O/c7-5(8,9)3(6(10,11)12)4(17)14-1-2-15-16-13/h3H,1-2H2,(H,14,17). The van der Waals surface area contributed by atoms with Crippen LogP contribution in [0.3, 0.4) is 0 Å². The van der Waals surface area contributed by atoms with Crippen LogP contribution in [0.2, 0.25) is 0 Å². The van der Waals surface area contributed by atoms with Crippen molar-refractivity contribution in [2.75, 3.05) is 13.1 Å². The number of nitrogens with one attached hydrogen (secondary N) is 1. The highest BCUT2D eigenvalue weighted by molar-refractivity contribution is 5.80. The summed E-state index contributed by atoms with van der Waals surface area (Å²) < 4.78 is 71.9. The number of halogens is 6. The highest BCUT2D eigenvalue weighted by atomic mass is 19.4. The molecule has 0 atom stereocenters. The van der Waals surface area contributed by atoms with Crippen molar-refractivity contribution in [3.63, 3.8) is 0 Å². The molecule has 0 bridgehead atoms. The fourth-order valence-corrected chi connectivity index (χ4v) is 0.859. The van der Waals surface area contributed by atoms with E-state index in [0.29, 0.717) is 0 Å². The maximum absolute atomic E-state index is 12.0. The highest BCUT2D eigenvalue weighted by Gasteiger charge is 2.60. The Kier molecular flexibility index (Phi) is 5.08. The van der Waals surface area contributed by atoms with E-state index in [1.54, 1.807) is 0 Å². The number of rotatable bonds is 4. The summed E-state index contributed by atoms with van der Waals surface area (Å²) in [6, 6.07) is 0. The Morgan fingerprint density at radius 3 is 2.06 bits per heavy atom. The molecule has 0 spiro atoms. The molecule has 0 saturated heterocycles. The number of azide groups is 1. The molecule has 0 aliphatic carbocycles. The van der Waals surface area contributed by atoms with Gasteiger partial charge in [-0.1, -0.05) is 5.11 Å². The molecule has 0 aliphatic heterocycles. The molecule has 1 N–H and O–H groups in total. The van der Waals surface area contributed by atoms with Gasteiger partial charge in [0.05, 0.1) is 0 Å². The Hall–Kier alpha value is -1.64. The van der Waals surface area contributed by atoms with Gasteiger partial charge >= 0.3 is 12.4 Å². The fourth-order valence-electron chi connectivity index (χ4n) is 0.859. The topological polar surface area (TPSA) is 77.9 Å². The summed E-state index contributed by atoms with van der Waals surface area (Å²) in [6.45, 7) is -1.05. The first-order valence-corrected chi connectivity index (χ1v) is 4.02. The zero-order valence-corrected chi connectivity index (χ0v) is 8.01. The highest BCUT2D eigenvalue weighted by Crippen LogP contribution is 2.39. The Balaban J connectivity index is 4.62. The van der Waals surface area contributed by atoms with Crippen molar-refractivity contribution in [1.29, 1.82) is 0 Å². The smallest absolute Gasteiger partial charge is 0.355 e. The maximum atomic E-state index is 12.0. The number of carbonyl (C=O) groups is 1. The lowest BCUT2D eigenvalue weighted by Crippen LogP contribution is -2.48. The molecule has 0 aromatic rings. The van der Waals surface area contributed by atoms with Gasteiger partial charge < -0.3 is 5.32 Å². The van der Waals surface area contributed by atoms with Crippen LogP contribution in [0, 0.1) is 5.92 Å². The first kappa shape index (κ1) is 15.4. The van der Waals surface area contributed by atoms with Crippen molar-refractivity contribution in [2.24, 2.45) is 11.0 Å². The van der Waals surface area contributed by atoms with Gasteiger partial charge in [0.2, 0.25) is 11.8 Å². The van der Waals surface area contributed by atoms with E-state index in [1.165, 1.54) is 5.32 Å². The van der Waals surface area contributed by atoms with Gasteiger partial charge in [-0.25, -0.2) is 0 Å². The van der Waals surface area contributed by atoms with E-state index >= 15 is 0 Å². The summed E-state index contributed by atoms with van der Waals surface area (Å²) in [5, 5.41) is 4.22. The molecule has 0 heterocycles. The lowest BCUT2D eigenvalue weighted by atomic mass is 10.1. The predicted molar refractivity (Wildman–Crippen MR) is 42.6 cm³/mol. The van der Waals surface area contributed by atoms with Crippen LogP contribution in [0.25, 0.3) is 10.4 Å². The van der Waals surface area contributed by atoms with Crippen LogP contribution in [-0.2, 0) is 4.79 Å². The van der Waals surface area contributed by atoms with Gasteiger partial charge in [0.15, 0.2) is 0 Å². The van der Waals surface area contributed by atoms with E-state index in [-0.39, 0.29) is 0 Å². The molecule has 11 heteroatoms. The van der Waals surface area contributed by atoms with Gasteiger partial charge in [-0.05, 0) is 5.53 Å². The van der Waals surface area contributed by atoms with Crippen molar-refractivity contribution in [2.45, 2.75) is 12.4 Å². The minimum Gasteiger partial charge on any atom is -0.355 e. The van der Waals surface area contributed by atoms with Crippen LogP contribution < -0.4 is 5.32 Å². The second kappa shape index (κ2) is 5.62. The SMILES string of the molecule is [N-]=[N+]=NCCNC(=O)C(C(F)(F)F)C(F)(F)F. The lowest BCUT2D eigenvalue weighted by Gasteiger charge is -2.21. The molecular formula is C6H6F6N4O. The number of nitrogens with zero attached hydrogens (tertiary/aromatic N) is 3.